The molecule has 0 bridgehead atoms. The van der Waals surface area contributed by atoms with Gasteiger partial charge in [0.1, 0.15) is 0 Å². The Labute approximate surface area is 198 Å². The molecule has 1 aliphatic rings. The number of hydrogen-bond acceptors (Lipinski definition) is 5. The minimum atomic E-state index is -1.12. The van der Waals surface area contributed by atoms with Crippen LogP contribution in [0.15, 0.2) is 42.5 Å². The minimum absolute atomic E-state index is 0.0209. The Morgan fingerprint density at radius 3 is 2.36 bits per heavy atom. The van der Waals surface area contributed by atoms with Gasteiger partial charge in [0, 0.05) is 49.0 Å². The van der Waals surface area contributed by atoms with Crippen LogP contribution in [-0.4, -0.2) is 67.1 Å². The predicted octanol–water partition coefficient (Wildman–Crippen LogP) is 3.33. The van der Waals surface area contributed by atoms with Crippen LogP contribution in [0.1, 0.15) is 40.5 Å². The SMILES string of the molecule is CCCCNC(=O)CN1CCN(c2ccc(NC(=O)c3ccc(Cl)cc3)c(C(=O)O)c2)CC1. The lowest BCUT2D eigenvalue weighted by Gasteiger charge is -2.36. The van der Waals surface area contributed by atoms with Gasteiger partial charge in [-0.2, -0.15) is 0 Å². The minimum Gasteiger partial charge on any atom is -0.478 e. The first-order valence-electron chi connectivity index (χ1n) is 11.1. The van der Waals surface area contributed by atoms with Crippen LogP contribution in [0, 0.1) is 0 Å². The number of benzene rings is 2. The number of halogens is 1. The van der Waals surface area contributed by atoms with Gasteiger partial charge in [0.25, 0.3) is 5.91 Å². The average Bonchev–Trinajstić information content (AvgIpc) is 2.80. The number of carbonyl (C=O) groups excluding carboxylic acids is 2. The maximum atomic E-state index is 12.5. The predicted molar refractivity (Wildman–Crippen MR) is 129 cm³/mol. The van der Waals surface area contributed by atoms with Crippen LogP contribution in [0.25, 0.3) is 0 Å². The molecule has 33 heavy (non-hydrogen) atoms. The van der Waals surface area contributed by atoms with E-state index >= 15 is 0 Å². The second-order valence-electron chi connectivity index (χ2n) is 7.96. The summed E-state index contributed by atoms with van der Waals surface area (Å²) in [6.07, 6.45) is 2.02. The van der Waals surface area contributed by atoms with Crippen LogP contribution in [0.2, 0.25) is 5.02 Å². The van der Waals surface area contributed by atoms with Gasteiger partial charge in [-0.25, -0.2) is 4.79 Å². The number of carbonyl (C=O) groups is 3. The number of carboxylic acid groups (broad SMARTS) is 1. The van der Waals surface area contributed by atoms with Crippen molar-refractivity contribution in [1.82, 2.24) is 10.2 Å². The zero-order valence-electron chi connectivity index (χ0n) is 18.6. The molecule has 3 N–H and O–H groups in total. The highest BCUT2D eigenvalue weighted by atomic mass is 35.5. The van der Waals surface area contributed by atoms with Crippen LogP contribution in [0.4, 0.5) is 11.4 Å². The topological polar surface area (TPSA) is 102 Å². The van der Waals surface area contributed by atoms with Crippen molar-refractivity contribution in [3.05, 3.63) is 58.6 Å². The Bertz CT molecular complexity index is 988. The van der Waals surface area contributed by atoms with E-state index < -0.39 is 11.9 Å². The highest BCUT2D eigenvalue weighted by molar-refractivity contribution is 6.30. The molecule has 0 atom stereocenters. The van der Waals surface area contributed by atoms with Crippen molar-refractivity contribution in [3.8, 4) is 0 Å². The van der Waals surface area contributed by atoms with Gasteiger partial charge >= 0.3 is 5.97 Å². The molecule has 2 aromatic carbocycles. The highest BCUT2D eigenvalue weighted by Crippen LogP contribution is 2.25. The summed E-state index contributed by atoms with van der Waals surface area (Å²) in [7, 11) is 0. The summed E-state index contributed by atoms with van der Waals surface area (Å²) >= 11 is 5.86. The number of rotatable bonds is 9. The Morgan fingerprint density at radius 1 is 1.03 bits per heavy atom. The van der Waals surface area contributed by atoms with Crippen LogP contribution >= 0.6 is 11.6 Å². The van der Waals surface area contributed by atoms with Crippen molar-refractivity contribution in [2.45, 2.75) is 19.8 Å². The Kier molecular flexibility index (Phi) is 8.68. The first-order chi connectivity index (χ1) is 15.9. The largest absolute Gasteiger partial charge is 0.478 e. The molecule has 1 fully saturated rings. The fraction of sp³-hybridized carbons (Fsp3) is 0.375. The number of piperazine rings is 1. The highest BCUT2D eigenvalue weighted by Gasteiger charge is 2.21. The van der Waals surface area contributed by atoms with Crippen molar-refractivity contribution in [2.75, 3.05) is 49.5 Å². The molecule has 0 aromatic heterocycles. The van der Waals surface area contributed by atoms with E-state index in [2.05, 4.69) is 27.4 Å². The second-order valence-corrected chi connectivity index (χ2v) is 8.40. The van der Waals surface area contributed by atoms with Gasteiger partial charge in [0.15, 0.2) is 0 Å². The summed E-state index contributed by atoms with van der Waals surface area (Å²) in [4.78, 5) is 40.6. The van der Waals surface area contributed by atoms with Crippen molar-refractivity contribution in [1.29, 1.82) is 0 Å². The normalized spacial score (nSPS) is 14.1. The van der Waals surface area contributed by atoms with Gasteiger partial charge in [0.05, 0.1) is 17.8 Å². The number of anilines is 2. The third-order valence-electron chi connectivity index (χ3n) is 5.55. The lowest BCUT2D eigenvalue weighted by Crippen LogP contribution is -2.49. The summed E-state index contributed by atoms with van der Waals surface area (Å²) in [5, 5.41) is 15.8. The molecule has 0 unspecified atom stereocenters. The van der Waals surface area contributed by atoms with Gasteiger partial charge in [-0.3, -0.25) is 14.5 Å². The molecule has 8 nitrogen and oxygen atoms in total. The van der Waals surface area contributed by atoms with Crippen LogP contribution in [0.5, 0.6) is 0 Å². The number of unbranched alkanes of at least 4 members (excludes halogenated alkanes) is 1. The summed E-state index contributed by atoms with van der Waals surface area (Å²) in [6.45, 7) is 5.93. The lowest BCUT2D eigenvalue weighted by molar-refractivity contribution is -0.122. The van der Waals surface area contributed by atoms with E-state index in [1.54, 1.807) is 42.5 Å². The summed E-state index contributed by atoms with van der Waals surface area (Å²) in [6, 6.07) is 11.4. The van der Waals surface area contributed by atoms with E-state index in [4.69, 9.17) is 11.6 Å². The molecule has 3 rings (SSSR count). The van der Waals surface area contributed by atoms with Gasteiger partial charge in [-0.15, -0.1) is 0 Å². The fourth-order valence-electron chi connectivity index (χ4n) is 3.64. The van der Waals surface area contributed by atoms with Gasteiger partial charge < -0.3 is 20.6 Å². The standard InChI is InChI=1S/C24H29ClN4O4/c1-2-3-10-26-22(30)16-28-11-13-29(14-12-28)19-8-9-21(20(15-19)24(32)33)27-23(31)17-4-6-18(25)7-5-17/h4-9,15H,2-3,10-14,16H2,1H3,(H,26,30)(H,27,31)(H,32,33). The molecule has 1 aliphatic heterocycles. The van der Waals surface area contributed by atoms with E-state index in [1.165, 1.54) is 0 Å². The van der Waals surface area contributed by atoms with Crippen molar-refractivity contribution >= 4 is 40.8 Å². The third-order valence-corrected chi connectivity index (χ3v) is 5.80. The zero-order valence-corrected chi connectivity index (χ0v) is 19.4. The monoisotopic (exact) mass is 472 g/mol. The van der Waals surface area contributed by atoms with E-state index in [9.17, 15) is 19.5 Å². The molecule has 1 saturated heterocycles. The Hall–Kier alpha value is -3.10. The molecule has 2 amide bonds. The molecule has 1 heterocycles. The first-order valence-corrected chi connectivity index (χ1v) is 11.4. The first kappa shape index (κ1) is 24.5. The number of aromatic carboxylic acids is 1. The van der Waals surface area contributed by atoms with E-state index in [1.807, 2.05) is 0 Å². The molecular formula is C24H29ClN4O4. The fourth-order valence-corrected chi connectivity index (χ4v) is 3.76. The molecule has 0 radical (unpaired) electrons. The third kappa shape index (κ3) is 6.94. The van der Waals surface area contributed by atoms with Crippen LogP contribution in [0.3, 0.4) is 0 Å². The number of amides is 2. The number of carboxylic acids is 1. The van der Waals surface area contributed by atoms with E-state index in [0.717, 1.165) is 18.5 Å². The molecule has 2 aromatic rings. The summed E-state index contributed by atoms with van der Waals surface area (Å²) in [5.41, 5.74) is 1.40. The number of nitrogens with zero attached hydrogens (tertiary/aromatic N) is 2. The van der Waals surface area contributed by atoms with Crippen molar-refractivity contribution in [2.24, 2.45) is 0 Å². The zero-order chi connectivity index (χ0) is 23.8. The van der Waals surface area contributed by atoms with Gasteiger partial charge in [-0.1, -0.05) is 24.9 Å². The van der Waals surface area contributed by atoms with Crippen molar-refractivity contribution in [3.63, 3.8) is 0 Å². The Morgan fingerprint density at radius 2 is 1.73 bits per heavy atom. The number of hydrogen-bond donors (Lipinski definition) is 3. The number of nitrogens with one attached hydrogen (secondary N) is 2. The molecular weight excluding hydrogens is 444 g/mol. The molecule has 0 spiro atoms. The van der Waals surface area contributed by atoms with E-state index in [0.29, 0.717) is 49.9 Å². The molecule has 0 saturated carbocycles. The summed E-state index contributed by atoms with van der Waals surface area (Å²) in [5.74, 6) is -1.50. The quantitative estimate of drug-likeness (QED) is 0.484. The molecule has 176 valence electrons. The molecule has 0 aliphatic carbocycles. The average molecular weight is 473 g/mol. The van der Waals surface area contributed by atoms with Crippen LogP contribution in [-0.2, 0) is 4.79 Å². The maximum absolute atomic E-state index is 12.5. The smallest absolute Gasteiger partial charge is 0.337 e. The second kappa shape index (κ2) is 11.7. The summed E-state index contributed by atoms with van der Waals surface area (Å²) < 4.78 is 0. The van der Waals surface area contributed by atoms with Gasteiger partial charge in [-0.05, 0) is 48.9 Å². The molecule has 9 heteroatoms. The van der Waals surface area contributed by atoms with Crippen molar-refractivity contribution < 1.29 is 19.5 Å². The van der Waals surface area contributed by atoms with Crippen LogP contribution < -0.4 is 15.5 Å². The maximum Gasteiger partial charge on any atom is 0.337 e. The van der Waals surface area contributed by atoms with E-state index in [-0.39, 0.29) is 17.2 Å². The van der Waals surface area contributed by atoms with Gasteiger partial charge in [0.2, 0.25) is 5.91 Å². The lowest BCUT2D eigenvalue weighted by atomic mass is 10.1. The Balaban J connectivity index is 1.61.